The van der Waals surface area contributed by atoms with Gasteiger partial charge in [-0.15, -0.1) is 0 Å². The summed E-state index contributed by atoms with van der Waals surface area (Å²) < 4.78 is 22.1. The Morgan fingerprint density at radius 3 is 2.48 bits per heavy atom. The van der Waals surface area contributed by atoms with Gasteiger partial charge in [-0.05, 0) is 60.0 Å². The molecule has 0 bridgehead atoms. The minimum atomic E-state index is -0.427. The van der Waals surface area contributed by atoms with E-state index in [0.29, 0.717) is 45.6 Å². The Kier molecular flexibility index (Phi) is 5.87. The summed E-state index contributed by atoms with van der Waals surface area (Å²) in [5.74, 6) is 1.74. The standard InChI is InChI=1S/C25H21ClO5/c1-15-20-9-8-19(30-14-16-5-4-6-18(26)11-16)13-22(20)31-25(27)24(15)17-7-10-21(28-2)23(12-17)29-3/h4-13H,14H2,1-3H3. The minimum Gasteiger partial charge on any atom is -0.493 e. The van der Waals surface area contributed by atoms with Crippen molar-refractivity contribution in [3.05, 3.63) is 87.2 Å². The van der Waals surface area contributed by atoms with Crippen LogP contribution in [0.3, 0.4) is 0 Å². The van der Waals surface area contributed by atoms with Crippen molar-refractivity contribution in [1.82, 2.24) is 0 Å². The molecule has 1 aromatic heterocycles. The fraction of sp³-hybridized carbons (Fsp3) is 0.160. The lowest BCUT2D eigenvalue weighted by Gasteiger charge is -2.12. The van der Waals surface area contributed by atoms with E-state index >= 15 is 0 Å². The Labute approximate surface area is 184 Å². The Bertz CT molecular complexity index is 1310. The van der Waals surface area contributed by atoms with E-state index in [9.17, 15) is 4.79 Å². The van der Waals surface area contributed by atoms with Gasteiger partial charge in [0.25, 0.3) is 0 Å². The van der Waals surface area contributed by atoms with E-state index in [1.54, 1.807) is 32.4 Å². The number of halogens is 1. The molecule has 0 unspecified atom stereocenters. The number of rotatable bonds is 6. The zero-order valence-corrected chi connectivity index (χ0v) is 18.2. The number of hydrogen-bond donors (Lipinski definition) is 0. The molecule has 0 saturated heterocycles. The van der Waals surface area contributed by atoms with Crippen LogP contribution in [0.5, 0.6) is 17.2 Å². The molecule has 3 aromatic carbocycles. The van der Waals surface area contributed by atoms with Crippen LogP contribution in [-0.2, 0) is 6.61 Å². The van der Waals surface area contributed by atoms with E-state index < -0.39 is 5.63 Å². The summed E-state index contributed by atoms with van der Waals surface area (Å²) in [6.07, 6.45) is 0. The lowest BCUT2D eigenvalue weighted by Crippen LogP contribution is -2.06. The highest BCUT2D eigenvalue weighted by atomic mass is 35.5. The van der Waals surface area contributed by atoms with Crippen molar-refractivity contribution in [3.63, 3.8) is 0 Å². The lowest BCUT2D eigenvalue weighted by molar-refractivity contribution is 0.306. The summed E-state index contributed by atoms with van der Waals surface area (Å²) in [7, 11) is 3.13. The van der Waals surface area contributed by atoms with Crippen LogP contribution in [0.4, 0.5) is 0 Å². The van der Waals surface area contributed by atoms with Crippen LogP contribution in [0.1, 0.15) is 11.1 Å². The van der Waals surface area contributed by atoms with Gasteiger partial charge in [0.2, 0.25) is 0 Å². The van der Waals surface area contributed by atoms with Gasteiger partial charge in [-0.1, -0.05) is 29.8 Å². The van der Waals surface area contributed by atoms with Crippen LogP contribution in [0.25, 0.3) is 22.1 Å². The summed E-state index contributed by atoms with van der Waals surface area (Å²) in [6.45, 7) is 2.26. The molecule has 0 radical (unpaired) electrons. The van der Waals surface area contributed by atoms with Gasteiger partial charge in [0.05, 0.1) is 19.8 Å². The molecular formula is C25H21ClO5. The van der Waals surface area contributed by atoms with Crippen molar-refractivity contribution < 1.29 is 18.6 Å². The van der Waals surface area contributed by atoms with Crippen LogP contribution in [-0.4, -0.2) is 14.2 Å². The van der Waals surface area contributed by atoms with Crippen LogP contribution in [0.2, 0.25) is 5.02 Å². The van der Waals surface area contributed by atoms with Crippen molar-refractivity contribution in [2.24, 2.45) is 0 Å². The number of methoxy groups -OCH3 is 2. The quantitative estimate of drug-likeness (QED) is 0.346. The van der Waals surface area contributed by atoms with E-state index in [2.05, 4.69) is 0 Å². The molecule has 0 N–H and O–H groups in total. The molecular weight excluding hydrogens is 416 g/mol. The first-order valence-corrected chi connectivity index (χ1v) is 10.0. The third-order valence-electron chi connectivity index (χ3n) is 5.11. The molecule has 4 aromatic rings. The predicted octanol–water partition coefficient (Wildman–Crippen LogP) is 6.02. The highest BCUT2D eigenvalue weighted by molar-refractivity contribution is 6.30. The van der Waals surface area contributed by atoms with Gasteiger partial charge in [-0.25, -0.2) is 4.79 Å². The predicted molar refractivity (Wildman–Crippen MR) is 122 cm³/mol. The Morgan fingerprint density at radius 2 is 1.74 bits per heavy atom. The average molecular weight is 437 g/mol. The second kappa shape index (κ2) is 8.74. The Balaban J connectivity index is 1.69. The summed E-state index contributed by atoms with van der Waals surface area (Å²) in [6, 6.07) is 18.3. The molecule has 31 heavy (non-hydrogen) atoms. The van der Waals surface area contributed by atoms with E-state index in [0.717, 1.165) is 16.5 Å². The molecule has 0 amide bonds. The molecule has 0 aliphatic rings. The normalized spacial score (nSPS) is 10.8. The molecule has 1 heterocycles. The summed E-state index contributed by atoms with van der Waals surface area (Å²) in [5, 5.41) is 1.49. The zero-order valence-electron chi connectivity index (χ0n) is 17.4. The minimum absolute atomic E-state index is 0.360. The van der Waals surface area contributed by atoms with Gasteiger partial charge >= 0.3 is 5.63 Å². The fourth-order valence-corrected chi connectivity index (χ4v) is 3.76. The number of benzene rings is 3. The summed E-state index contributed by atoms with van der Waals surface area (Å²) in [5.41, 5.74) is 3.00. The molecule has 6 heteroatoms. The summed E-state index contributed by atoms with van der Waals surface area (Å²) in [4.78, 5) is 12.8. The topological polar surface area (TPSA) is 57.9 Å². The first-order chi connectivity index (χ1) is 15.0. The molecule has 0 fully saturated rings. The van der Waals surface area contributed by atoms with Gasteiger partial charge in [0, 0.05) is 16.5 Å². The summed E-state index contributed by atoms with van der Waals surface area (Å²) >= 11 is 6.02. The first kappa shape index (κ1) is 20.8. The molecule has 0 aliphatic carbocycles. The van der Waals surface area contributed by atoms with Crippen LogP contribution >= 0.6 is 11.6 Å². The Morgan fingerprint density at radius 1 is 0.935 bits per heavy atom. The number of hydrogen-bond acceptors (Lipinski definition) is 5. The Hall–Kier alpha value is -3.44. The zero-order chi connectivity index (χ0) is 22.0. The van der Waals surface area contributed by atoms with E-state index in [-0.39, 0.29) is 0 Å². The van der Waals surface area contributed by atoms with Crippen LogP contribution < -0.4 is 19.8 Å². The molecule has 0 aliphatic heterocycles. The van der Waals surface area contributed by atoms with Crippen molar-refractivity contribution in [3.8, 4) is 28.4 Å². The molecule has 5 nitrogen and oxygen atoms in total. The highest BCUT2D eigenvalue weighted by Gasteiger charge is 2.16. The van der Waals surface area contributed by atoms with Crippen molar-refractivity contribution in [2.75, 3.05) is 14.2 Å². The second-order valence-corrected chi connectivity index (χ2v) is 7.47. The highest BCUT2D eigenvalue weighted by Crippen LogP contribution is 2.34. The maximum atomic E-state index is 12.8. The van der Waals surface area contributed by atoms with Crippen molar-refractivity contribution in [1.29, 1.82) is 0 Å². The third kappa shape index (κ3) is 4.23. The van der Waals surface area contributed by atoms with Crippen LogP contribution in [0.15, 0.2) is 69.9 Å². The van der Waals surface area contributed by atoms with E-state index in [1.165, 1.54) is 0 Å². The SMILES string of the molecule is COc1ccc(-c2c(C)c3ccc(OCc4cccc(Cl)c4)cc3oc2=O)cc1OC. The van der Waals surface area contributed by atoms with Gasteiger partial charge in [-0.3, -0.25) is 0 Å². The van der Waals surface area contributed by atoms with Crippen molar-refractivity contribution in [2.45, 2.75) is 13.5 Å². The maximum absolute atomic E-state index is 12.8. The van der Waals surface area contributed by atoms with Crippen molar-refractivity contribution >= 4 is 22.6 Å². The third-order valence-corrected chi connectivity index (χ3v) is 5.34. The second-order valence-electron chi connectivity index (χ2n) is 7.04. The van der Waals surface area contributed by atoms with E-state index in [4.69, 9.17) is 30.2 Å². The van der Waals surface area contributed by atoms with E-state index in [1.807, 2.05) is 49.4 Å². The lowest BCUT2D eigenvalue weighted by atomic mass is 9.99. The molecule has 158 valence electrons. The van der Waals surface area contributed by atoms with Gasteiger partial charge in [0.15, 0.2) is 11.5 Å². The largest absolute Gasteiger partial charge is 0.493 e. The van der Waals surface area contributed by atoms with Gasteiger partial charge < -0.3 is 18.6 Å². The molecule has 0 saturated carbocycles. The van der Waals surface area contributed by atoms with Gasteiger partial charge in [-0.2, -0.15) is 0 Å². The maximum Gasteiger partial charge on any atom is 0.344 e. The van der Waals surface area contributed by atoms with Gasteiger partial charge in [0.1, 0.15) is 17.9 Å². The molecule has 4 rings (SSSR count). The number of fused-ring (bicyclic) bond motifs is 1. The molecule has 0 spiro atoms. The first-order valence-electron chi connectivity index (χ1n) is 9.67. The number of ether oxygens (including phenoxy) is 3. The monoisotopic (exact) mass is 436 g/mol. The molecule has 0 atom stereocenters. The number of aryl methyl sites for hydroxylation is 1. The average Bonchev–Trinajstić information content (AvgIpc) is 2.77. The fourth-order valence-electron chi connectivity index (χ4n) is 3.54. The van der Waals surface area contributed by atoms with Crippen LogP contribution in [0, 0.1) is 6.92 Å². The smallest absolute Gasteiger partial charge is 0.344 e.